The number of carboxylic acids is 1. The molecule has 30 heavy (non-hydrogen) atoms. The van der Waals surface area contributed by atoms with Crippen LogP contribution in [0.1, 0.15) is 35.6 Å². The third-order valence-corrected chi connectivity index (χ3v) is 5.10. The molecule has 0 aliphatic heterocycles. The van der Waals surface area contributed by atoms with Gasteiger partial charge in [0.15, 0.2) is 0 Å². The normalized spacial score (nSPS) is 12.3. The summed E-state index contributed by atoms with van der Waals surface area (Å²) in [6, 6.07) is 24.7. The zero-order chi connectivity index (χ0) is 20.9. The summed E-state index contributed by atoms with van der Waals surface area (Å²) in [6.45, 7) is 2.17. The molecule has 1 aromatic heterocycles. The largest absolute Gasteiger partial charge is 0.478 e. The Kier molecular flexibility index (Phi) is 5.57. The number of aromatic nitrogens is 2. The second kappa shape index (κ2) is 8.62. The van der Waals surface area contributed by atoms with Gasteiger partial charge in [0, 0.05) is 6.08 Å². The molecule has 4 heteroatoms. The minimum Gasteiger partial charge on any atom is -0.478 e. The van der Waals surface area contributed by atoms with E-state index in [1.165, 1.54) is 11.1 Å². The van der Waals surface area contributed by atoms with Crippen LogP contribution < -0.4 is 0 Å². The van der Waals surface area contributed by atoms with Crippen LogP contribution in [-0.4, -0.2) is 21.0 Å². The molecule has 0 saturated heterocycles. The lowest BCUT2D eigenvalue weighted by atomic mass is 9.88. The van der Waals surface area contributed by atoms with Gasteiger partial charge in [-0.05, 0) is 58.0 Å². The van der Waals surface area contributed by atoms with Crippen molar-refractivity contribution >= 4 is 34.2 Å². The van der Waals surface area contributed by atoms with E-state index in [-0.39, 0.29) is 0 Å². The van der Waals surface area contributed by atoms with Crippen molar-refractivity contribution in [1.29, 1.82) is 0 Å². The second-order valence-electron chi connectivity index (χ2n) is 7.00. The van der Waals surface area contributed by atoms with Crippen LogP contribution in [0.4, 0.5) is 0 Å². The summed E-state index contributed by atoms with van der Waals surface area (Å²) in [5, 5.41) is 8.86. The summed E-state index contributed by atoms with van der Waals surface area (Å²) in [5.74, 6) is -0.954. The minimum absolute atomic E-state index is 0.849. The Morgan fingerprint density at radius 1 is 0.967 bits per heavy atom. The Labute approximate surface area is 175 Å². The third kappa shape index (κ3) is 4.08. The highest BCUT2D eigenvalue weighted by molar-refractivity contribution is 6.00. The highest BCUT2D eigenvalue weighted by atomic mass is 16.4. The van der Waals surface area contributed by atoms with Crippen molar-refractivity contribution in [2.24, 2.45) is 0 Å². The van der Waals surface area contributed by atoms with Crippen LogP contribution >= 0.6 is 0 Å². The zero-order valence-corrected chi connectivity index (χ0v) is 16.7. The van der Waals surface area contributed by atoms with Crippen LogP contribution in [0, 0.1) is 0 Å². The lowest BCUT2D eigenvalue weighted by molar-refractivity contribution is -0.131. The maximum absolute atomic E-state index is 10.8. The van der Waals surface area contributed by atoms with Gasteiger partial charge in [-0.2, -0.15) is 0 Å². The van der Waals surface area contributed by atoms with Gasteiger partial charge in [-0.25, -0.2) is 9.78 Å². The average molecular weight is 394 g/mol. The molecular weight excluding hydrogens is 372 g/mol. The quantitative estimate of drug-likeness (QED) is 0.310. The Morgan fingerprint density at radius 2 is 1.70 bits per heavy atom. The first-order valence-electron chi connectivity index (χ1n) is 9.89. The Balaban J connectivity index is 1.89. The van der Waals surface area contributed by atoms with Crippen molar-refractivity contribution in [2.45, 2.75) is 13.3 Å². The molecule has 0 radical (unpaired) electrons. The van der Waals surface area contributed by atoms with Gasteiger partial charge in [0.2, 0.25) is 0 Å². The van der Waals surface area contributed by atoms with Crippen LogP contribution in [0.15, 0.2) is 85.2 Å². The van der Waals surface area contributed by atoms with Crippen molar-refractivity contribution < 1.29 is 9.90 Å². The van der Waals surface area contributed by atoms with Crippen molar-refractivity contribution in [1.82, 2.24) is 9.97 Å². The third-order valence-electron chi connectivity index (χ3n) is 5.10. The predicted molar refractivity (Wildman–Crippen MR) is 122 cm³/mol. The van der Waals surface area contributed by atoms with E-state index >= 15 is 0 Å². The molecule has 0 spiro atoms. The van der Waals surface area contributed by atoms with Crippen LogP contribution in [0.2, 0.25) is 0 Å². The number of aromatic amines is 1. The molecule has 0 aliphatic carbocycles. The molecule has 0 saturated carbocycles. The van der Waals surface area contributed by atoms with Gasteiger partial charge in [-0.1, -0.05) is 67.6 Å². The number of rotatable bonds is 6. The van der Waals surface area contributed by atoms with Gasteiger partial charge < -0.3 is 10.1 Å². The number of hydrogen-bond donors (Lipinski definition) is 2. The Bertz CT molecular complexity index is 1230. The SMILES string of the molecule is CCC(=C(c1ccc(C=CC(=O)O)cc1)c1ccc2nc[nH]c2c1)c1ccccc1. The number of aliphatic carboxylic acids is 1. The number of fused-ring (bicyclic) bond motifs is 1. The first-order valence-corrected chi connectivity index (χ1v) is 9.89. The van der Waals surface area contributed by atoms with Crippen LogP contribution in [-0.2, 0) is 4.79 Å². The van der Waals surface area contributed by atoms with Crippen molar-refractivity contribution in [3.8, 4) is 0 Å². The van der Waals surface area contributed by atoms with Crippen LogP contribution in [0.25, 0.3) is 28.3 Å². The number of nitrogens with zero attached hydrogens (tertiary/aromatic N) is 1. The molecule has 4 nitrogen and oxygen atoms in total. The van der Waals surface area contributed by atoms with E-state index < -0.39 is 5.97 Å². The van der Waals surface area contributed by atoms with Gasteiger partial charge in [-0.3, -0.25) is 0 Å². The van der Waals surface area contributed by atoms with E-state index in [0.717, 1.165) is 45.8 Å². The summed E-state index contributed by atoms with van der Waals surface area (Å²) in [6.07, 6.45) is 5.34. The van der Waals surface area contributed by atoms with E-state index in [2.05, 4.69) is 53.3 Å². The maximum Gasteiger partial charge on any atom is 0.328 e. The number of imidazole rings is 1. The first kappa shape index (κ1) is 19.4. The first-order chi connectivity index (χ1) is 14.7. The molecular formula is C26H22N2O2. The van der Waals surface area contributed by atoms with Gasteiger partial charge in [-0.15, -0.1) is 0 Å². The van der Waals surface area contributed by atoms with Gasteiger partial charge in [0.05, 0.1) is 17.4 Å². The fourth-order valence-corrected chi connectivity index (χ4v) is 3.70. The lowest BCUT2D eigenvalue weighted by Gasteiger charge is -2.16. The van der Waals surface area contributed by atoms with Crippen LogP contribution in [0.3, 0.4) is 0 Å². The Morgan fingerprint density at radius 3 is 2.40 bits per heavy atom. The summed E-state index contributed by atoms with van der Waals surface area (Å²) >= 11 is 0. The molecule has 2 N–H and O–H groups in total. The van der Waals surface area contributed by atoms with Crippen molar-refractivity contribution in [3.05, 3.63) is 107 Å². The van der Waals surface area contributed by atoms with Gasteiger partial charge in [0.1, 0.15) is 0 Å². The van der Waals surface area contributed by atoms with E-state index in [9.17, 15) is 4.79 Å². The topological polar surface area (TPSA) is 66.0 Å². The smallest absolute Gasteiger partial charge is 0.328 e. The number of nitrogens with one attached hydrogen (secondary N) is 1. The molecule has 1 heterocycles. The molecule has 148 valence electrons. The zero-order valence-electron chi connectivity index (χ0n) is 16.7. The lowest BCUT2D eigenvalue weighted by Crippen LogP contribution is -1.95. The molecule has 3 aromatic carbocycles. The van der Waals surface area contributed by atoms with Crippen molar-refractivity contribution in [3.63, 3.8) is 0 Å². The fourth-order valence-electron chi connectivity index (χ4n) is 3.70. The number of hydrogen-bond acceptors (Lipinski definition) is 2. The predicted octanol–water partition coefficient (Wildman–Crippen LogP) is 6.03. The van der Waals surface area contributed by atoms with Gasteiger partial charge >= 0.3 is 5.97 Å². The minimum atomic E-state index is -0.954. The molecule has 4 rings (SSSR count). The highest BCUT2D eigenvalue weighted by Crippen LogP contribution is 2.35. The number of carbonyl (C=O) groups is 1. The molecule has 0 fully saturated rings. The number of H-pyrrole nitrogens is 1. The molecule has 0 bridgehead atoms. The number of allylic oxidation sites excluding steroid dienone is 1. The van der Waals surface area contributed by atoms with Crippen LogP contribution in [0.5, 0.6) is 0 Å². The summed E-state index contributed by atoms with van der Waals surface area (Å²) in [5.41, 5.74) is 8.58. The van der Waals surface area contributed by atoms with E-state index in [0.29, 0.717) is 0 Å². The molecule has 0 amide bonds. The second-order valence-corrected chi connectivity index (χ2v) is 7.00. The highest BCUT2D eigenvalue weighted by Gasteiger charge is 2.14. The molecule has 0 atom stereocenters. The van der Waals surface area contributed by atoms with Gasteiger partial charge in [0.25, 0.3) is 0 Å². The number of benzene rings is 3. The number of carboxylic acid groups (broad SMARTS) is 1. The summed E-state index contributed by atoms with van der Waals surface area (Å²) in [7, 11) is 0. The fraction of sp³-hybridized carbons (Fsp3) is 0.0769. The maximum atomic E-state index is 10.8. The molecule has 0 aliphatic rings. The summed E-state index contributed by atoms with van der Waals surface area (Å²) < 4.78 is 0. The Hall–Kier alpha value is -3.92. The van der Waals surface area contributed by atoms with E-state index in [4.69, 9.17) is 5.11 Å². The standard InChI is InChI=1S/C26H22N2O2/c1-2-22(19-6-4-3-5-7-19)26(21-13-14-23-24(16-21)28-17-27-23)20-11-8-18(9-12-20)10-15-25(29)30/h3-17H,2H2,1H3,(H,27,28)(H,29,30). The van der Waals surface area contributed by atoms with E-state index in [1.807, 2.05) is 36.4 Å². The monoisotopic (exact) mass is 394 g/mol. The average Bonchev–Trinajstić information content (AvgIpc) is 3.25. The summed E-state index contributed by atoms with van der Waals surface area (Å²) in [4.78, 5) is 18.3. The molecule has 0 unspecified atom stereocenters. The van der Waals surface area contributed by atoms with E-state index in [1.54, 1.807) is 12.4 Å². The molecule has 4 aromatic rings. The van der Waals surface area contributed by atoms with Crippen molar-refractivity contribution in [2.75, 3.05) is 0 Å².